The number of nitrogens with zero attached hydrogens (tertiary/aromatic N) is 1. The van der Waals surface area contributed by atoms with Gasteiger partial charge in [0.2, 0.25) is 5.91 Å². The number of ether oxygens (including phenoxy) is 2. The molecule has 0 bridgehead atoms. The van der Waals surface area contributed by atoms with Gasteiger partial charge in [0.1, 0.15) is 6.04 Å². The van der Waals surface area contributed by atoms with Gasteiger partial charge in [-0.05, 0) is 60.4 Å². The predicted molar refractivity (Wildman–Crippen MR) is 158 cm³/mol. The molecule has 3 aromatic rings. The number of likely N-dealkylation sites (tertiary alicyclic amines) is 1. The molecule has 4 unspecified atom stereocenters. The first-order valence-corrected chi connectivity index (χ1v) is 15.3. The van der Waals surface area contributed by atoms with Gasteiger partial charge in [-0.3, -0.25) is 9.59 Å². The fourth-order valence-corrected chi connectivity index (χ4v) is 6.22. The van der Waals surface area contributed by atoms with Crippen LogP contribution in [0.15, 0.2) is 77.7 Å². The Hall–Kier alpha value is -3.91. The van der Waals surface area contributed by atoms with Crippen molar-refractivity contribution in [3.8, 4) is 0 Å². The molecule has 2 heterocycles. The van der Waals surface area contributed by atoms with Gasteiger partial charge in [0.05, 0.1) is 24.4 Å². The summed E-state index contributed by atoms with van der Waals surface area (Å²) in [7, 11) is 0. The van der Waals surface area contributed by atoms with E-state index in [1.165, 1.54) is 11.8 Å². The lowest BCUT2D eigenvalue weighted by molar-refractivity contribution is -0.245. The fourth-order valence-electron chi connectivity index (χ4n) is 5.30. The van der Waals surface area contributed by atoms with Crippen LogP contribution < -0.4 is 5.32 Å². The average molecular weight is 645 g/mol. The van der Waals surface area contributed by atoms with E-state index >= 15 is 0 Å². The number of carbonyl (C=O) groups excluding carboxylic acids is 2. The van der Waals surface area contributed by atoms with E-state index in [4.69, 9.17) is 14.6 Å². The van der Waals surface area contributed by atoms with Gasteiger partial charge >= 0.3 is 18.1 Å². The van der Waals surface area contributed by atoms with Crippen LogP contribution in [0.2, 0.25) is 0 Å². The van der Waals surface area contributed by atoms with Gasteiger partial charge in [-0.2, -0.15) is 13.2 Å². The first-order valence-electron chi connectivity index (χ1n) is 14.3. The number of benzene rings is 3. The Bertz CT molecular complexity index is 1500. The number of halogens is 3. The Kier molecular flexibility index (Phi) is 10.1. The molecule has 2 amide bonds. The quantitative estimate of drug-likeness (QED) is 0.253. The van der Waals surface area contributed by atoms with Crippen molar-refractivity contribution in [3.63, 3.8) is 0 Å². The molecule has 0 radical (unpaired) electrons. The van der Waals surface area contributed by atoms with Crippen molar-refractivity contribution in [2.24, 2.45) is 0 Å². The van der Waals surface area contributed by atoms with Crippen molar-refractivity contribution in [1.29, 1.82) is 0 Å². The molecule has 45 heavy (non-hydrogen) atoms. The number of nitrogens with one attached hydrogen (secondary N) is 1. The summed E-state index contributed by atoms with van der Waals surface area (Å²) in [5, 5.41) is 21.2. The van der Waals surface area contributed by atoms with Gasteiger partial charge in [-0.1, -0.05) is 36.4 Å². The fraction of sp³-hybridized carbons (Fsp3) is 0.344. The van der Waals surface area contributed by atoms with Crippen LogP contribution in [0.3, 0.4) is 0 Å². The Morgan fingerprint density at radius 3 is 2.22 bits per heavy atom. The highest BCUT2D eigenvalue weighted by Crippen LogP contribution is 2.40. The van der Waals surface area contributed by atoms with Crippen LogP contribution >= 0.6 is 11.8 Å². The minimum absolute atomic E-state index is 0.0855. The lowest BCUT2D eigenvalue weighted by atomic mass is 10.0. The maximum absolute atomic E-state index is 13.0. The summed E-state index contributed by atoms with van der Waals surface area (Å²) in [5.74, 6) is -3.16. The topological polar surface area (TPSA) is 125 Å². The molecular weight excluding hydrogens is 613 g/mol. The molecular formula is C32H31F3N2O7S. The van der Waals surface area contributed by atoms with Crippen molar-refractivity contribution < 1.29 is 47.2 Å². The van der Waals surface area contributed by atoms with Crippen LogP contribution in [0.4, 0.5) is 18.9 Å². The summed E-state index contributed by atoms with van der Waals surface area (Å²) in [6, 6.07) is 19.4. The number of carbonyl (C=O) groups is 3. The van der Waals surface area contributed by atoms with Crippen molar-refractivity contribution in [2.75, 3.05) is 17.6 Å². The van der Waals surface area contributed by atoms with E-state index in [1.807, 2.05) is 24.3 Å². The number of carboxylic acids is 1. The standard InChI is InChI=1S/C32H31F3N2O7S/c33-32(34,35)31(42)37-15-1-2-26(37)28(39)36-23-11-7-22(8-12-23)30-43-24(18-45-25-13-9-21(10-14-25)29(40)41)16-27(44-30)20-5-3-19(17-38)4-6-20/h3-14,24,26-27,30,38H,1-2,15-18H2,(H,36,39)(H,40,41). The number of carboxylic acid groups (broad SMARTS) is 1. The van der Waals surface area contributed by atoms with Crippen LogP contribution in [-0.4, -0.2) is 63.5 Å². The first-order chi connectivity index (χ1) is 21.5. The molecule has 4 atom stereocenters. The van der Waals surface area contributed by atoms with Gasteiger partial charge in [0.15, 0.2) is 6.29 Å². The summed E-state index contributed by atoms with van der Waals surface area (Å²) in [5.41, 5.74) is 2.86. The van der Waals surface area contributed by atoms with E-state index in [1.54, 1.807) is 48.5 Å². The SMILES string of the molecule is O=C(O)c1ccc(SCC2CC(c3ccc(CO)cc3)OC(c3ccc(NC(=O)C4CCCN4C(=O)C(F)(F)F)cc3)O2)cc1. The van der Waals surface area contributed by atoms with Crippen molar-refractivity contribution >= 4 is 35.2 Å². The molecule has 0 aliphatic carbocycles. The molecule has 13 heteroatoms. The number of hydrogen-bond acceptors (Lipinski definition) is 7. The molecule has 2 aliphatic rings. The van der Waals surface area contributed by atoms with Crippen LogP contribution in [0.25, 0.3) is 0 Å². The van der Waals surface area contributed by atoms with Gasteiger partial charge in [-0.25, -0.2) is 4.79 Å². The molecule has 3 N–H and O–H groups in total. The second-order valence-electron chi connectivity index (χ2n) is 10.8. The lowest BCUT2D eigenvalue weighted by Crippen LogP contribution is -2.48. The van der Waals surface area contributed by atoms with E-state index in [0.717, 1.165) is 16.0 Å². The van der Waals surface area contributed by atoms with Crippen molar-refractivity contribution in [3.05, 3.63) is 95.1 Å². The number of aliphatic hydroxyl groups excluding tert-OH is 1. The number of thioether (sulfide) groups is 1. The third-order valence-electron chi connectivity index (χ3n) is 7.66. The second kappa shape index (κ2) is 14.0. The van der Waals surface area contributed by atoms with Crippen molar-refractivity contribution in [1.82, 2.24) is 4.90 Å². The third-order valence-corrected chi connectivity index (χ3v) is 8.81. The molecule has 2 fully saturated rings. The maximum Gasteiger partial charge on any atom is 0.471 e. The zero-order chi connectivity index (χ0) is 32.1. The Balaban J connectivity index is 1.28. The minimum Gasteiger partial charge on any atom is -0.478 e. The molecule has 5 rings (SSSR count). The monoisotopic (exact) mass is 644 g/mol. The number of aliphatic hydroxyl groups is 1. The number of anilines is 1. The van der Waals surface area contributed by atoms with Crippen LogP contribution in [0, 0.1) is 0 Å². The number of rotatable bonds is 9. The normalized spacial score (nSPS) is 21.8. The van der Waals surface area contributed by atoms with Crippen LogP contribution in [0.1, 0.15) is 58.7 Å². The molecule has 0 spiro atoms. The molecule has 0 saturated carbocycles. The van der Waals surface area contributed by atoms with Gasteiger partial charge in [0, 0.05) is 34.9 Å². The van der Waals surface area contributed by atoms with Crippen LogP contribution in [-0.2, 0) is 25.7 Å². The second-order valence-corrected chi connectivity index (χ2v) is 11.8. The third kappa shape index (κ3) is 8.03. The summed E-state index contributed by atoms with van der Waals surface area (Å²) >= 11 is 1.52. The zero-order valence-corrected chi connectivity index (χ0v) is 24.7. The molecule has 0 aromatic heterocycles. The first kappa shape index (κ1) is 32.5. The maximum atomic E-state index is 13.0. The van der Waals surface area contributed by atoms with E-state index in [2.05, 4.69) is 5.32 Å². The number of alkyl halides is 3. The highest BCUT2D eigenvalue weighted by atomic mass is 32.2. The average Bonchev–Trinajstić information content (AvgIpc) is 3.53. The molecule has 238 valence electrons. The van der Waals surface area contributed by atoms with Crippen LogP contribution in [0.5, 0.6) is 0 Å². The summed E-state index contributed by atoms with van der Waals surface area (Å²) in [4.78, 5) is 37.2. The summed E-state index contributed by atoms with van der Waals surface area (Å²) in [6.07, 6.45) is -5.45. The van der Waals surface area contributed by atoms with Gasteiger partial charge in [0.25, 0.3) is 0 Å². The number of hydrogen-bond donors (Lipinski definition) is 3. The predicted octanol–water partition coefficient (Wildman–Crippen LogP) is 5.71. The summed E-state index contributed by atoms with van der Waals surface area (Å²) in [6.45, 7) is -0.222. The molecule has 9 nitrogen and oxygen atoms in total. The number of amides is 2. The Morgan fingerprint density at radius 1 is 0.933 bits per heavy atom. The van der Waals surface area contributed by atoms with Gasteiger partial charge < -0.3 is 29.9 Å². The molecule has 2 aliphatic heterocycles. The Labute approximate surface area is 261 Å². The lowest BCUT2D eigenvalue weighted by Gasteiger charge is -2.36. The van der Waals surface area contributed by atoms with E-state index in [0.29, 0.717) is 34.7 Å². The Morgan fingerprint density at radius 2 is 1.60 bits per heavy atom. The van der Waals surface area contributed by atoms with E-state index in [9.17, 15) is 32.7 Å². The largest absolute Gasteiger partial charge is 0.478 e. The minimum atomic E-state index is -5.05. The molecule has 2 saturated heterocycles. The van der Waals surface area contributed by atoms with Crippen molar-refractivity contribution in [2.45, 2.75) is 61.5 Å². The van der Waals surface area contributed by atoms with E-state index in [-0.39, 0.29) is 37.3 Å². The smallest absolute Gasteiger partial charge is 0.471 e. The molecule has 3 aromatic carbocycles. The summed E-state index contributed by atoms with van der Waals surface area (Å²) < 4.78 is 51.6. The zero-order valence-electron chi connectivity index (χ0n) is 23.9. The van der Waals surface area contributed by atoms with Gasteiger partial charge in [-0.15, -0.1) is 11.8 Å². The highest BCUT2D eigenvalue weighted by molar-refractivity contribution is 7.99. The number of aromatic carboxylic acids is 1. The van der Waals surface area contributed by atoms with E-state index < -0.39 is 36.3 Å². The highest BCUT2D eigenvalue weighted by Gasteiger charge is 2.47.